The highest BCUT2D eigenvalue weighted by molar-refractivity contribution is 7.99. The minimum Gasteiger partial charge on any atom is -0.486 e. The summed E-state index contributed by atoms with van der Waals surface area (Å²) in [7, 11) is 0. The van der Waals surface area contributed by atoms with Crippen molar-refractivity contribution < 1.29 is 14.3 Å². The zero-order valence-corrected chi connectivity index (χ0v) is 14.3. The maximum atomic E-state index is 11.9. The maximum absolute atomic E-state index is 11.9. The highest BCUT2D eigenvalue weighted by Crippen LogP contribution is 2.30. The lowest BCUT2D eigenvalue weighted by Gasteiger charge is -2.26. The van der Waals surface area contributed by atoms with Crippen LogP contribution < -0.4 is 14.8 Å². The molecule has 0 fully saturated rings. The van der Waals surface area contributed by atoms with Crippen LogP contribution in [0.4, 0.5) is 0 Å². The number of thioether (sulfide) groups is 1. The summed E-state index contributed by atoms with van der Waals surface area (Å²) >= 11 is 1.78. The van der Waals surface area contributed by atoms with Gasteiger partial charge in [-0.25, -0.2) is 0 Å². The molecule has 24 heavy (non-hydrogen) atoms. The lowest BCUT2D eigenvalue weighted by Crippen LogP contribution is -2.40. The molecule has 0 aliphatic carbocycles. The first-order valence-corrected chi connectivity index (χ1v) is 9.13. The average molecular weight is 343 g/mol. The van der Waals surface area contributed by atoms with E-state index in [1.807, 2.05) is 42.5 Å². The molecular weight excluding hydrogens is 322 g/mol. The van der Waals surface area contributed by atoms with Gasteiger partial charge in [-0.1, -0.05) is 30.3 Å². The lowest BCUT2D eigenvalue weighted by atomic mass is 10.2. The van der Waals surface area contributed by atoms with Crippen molar-refractivity contribution in [1.29, 1.82) is 0 Å². The van der Waals surface area contributed by atoms with Gasteiger partial charge in [0.05, 0.1) is 6.54 Å². The van der Waals surface area contributed by atoms with Crippen LogP contribution in [0, 0.1) is 0 Å². The summed E-state index contributed by atoms with van der Waals surface area (Å²) in [4.78, 5) is 13.2. The van der Waals surface area contributed by atoms with E-state index in [1.165, 1.54) is 4.90 Å². The Kier molecular flexibility index (Phi) is 6.01. The second kappa shape index (κ2) is 8.64. The molecule has 0 bridgehead atoms. The van der Waals surface area contributed by atoms with Gasteiger partial charge in [-0.05, 0) is 36.4 Å². The zero-order valence-electron chi connectivity index (χ0n) is 13.4. The number of fused-ring (bicyclic) bond motifs is 1. The molecule has 1 heterocycles. The molecule has 0 spiro atoms. The monoisotopic (exact) mass is 343 g/mol. The molecule has 1 atom stereocenters. The molecule has 5 heteroatoms. The molecule has 2 aromatic rings. The minimum absolute atomic E-state index is 0.0612. The standard InChI is InChI=1S/C19H21NO3S/c21-19(11-6-12-24-16-7-2-1-3-8-16)20-13-15-14-22-17-9-4-5-10-18(17)23-15/h1-5,7-10,15H,6,11-14H2,(H,20,21). The van der Waals surface area contributed by atoms with Crippen LogP contribution >= 0.6 is 11.8 Å². The number of carbonyl (C=O) groups is 1. The molecule has 2 aromatic carbocycles. The van der Waals surface area contributed by atoms with Gasteiger partial charge in [-0.2, -0.15) is 0 Å². The van der Waals surface area contributed by atoms with Gasteiger partial charge >= 0.3 is 0 Å². The van der Waals surface area contributed by atoms with Crippen LogP contribution in [0.3, 0.4) is 0 Å². The molecular formula is C19H21NO3S. The Morgan fingerprint density at radius 1 is 1.08 bits per heavy atom. The van der Waals surface area contributed by atoms with Crippen molar-refractivity contribution in [1.82, 2.24) is 5.32 Å². The van der Waals surface area contributed by atoms with E-state index >= 15 is 0 Å². The summed E-state index contributed by atoms with van der Waals surface area (Å²) in [5, 5.41) is 2.93. The van der Waals surface area contributed by atoms with E-state index in [0.29, 0.717) is 19.6 Å². The number of carbonyl (C=O) groups excluding carboxylic acids is 1. The van der Waals surface area contributed by atoms with Crippen molar-refractivity contribution >= 4 is 17.7 Å². The summed E-state index contributed by atoms with van der Waals surface area (Å²) in [5.74, 6) is 2.50. The van der Waals surface area contributed by atoms with Gasteiger partial charge < -0.3 is 14.8 Å². The number of amides is 1. The Morgan fingerprint density at radius 3 is 2.67 bits per heavy atom. The molecule has 1 aliphatic heterocycles. The van der Waals surface area contributed by atoms with Crippen LogP contribution in [0.1, 0.15) is 12.8 Å². The molecule has 1 aliphatic rings. The van der Waals surface area contributed by atoms with E-state index in [4.69, 9.17) is 9.47 Å². The average Bonchev–Trinajstić information content (AvgIpc) is 2.64. The normalized spacial score (nSPS) is 15.8. The van der Waals surface area contributed by atoms with Crippen LogP contribution in [0.5, 0.6) is 11.5 Å². The first kappa shape index (κ1) is 16.7. The second-order valence-electron chi connectivity index (χ2n) is 5.57. The van der Waals surface area contributed by atoms with E-state index in [2.05, 4.69) is 17.4 Å². The summed E-state index contributed by atoms with van der Waals surface area (Å²) in [6, 6.07) is 17.8. The fourth-order valence-corrected chi connectivity index (χ4v) is 3.29. The molecule has 0 radical (unpaired) electrons. The van der Waals surface area contributed by atoms with Crippen LogP contribution in [-0.4, -0.2) is 30.9 Å². The van der Waals surface area contributed by atoms with E-state index in [-0.39, 0.29) is 12.0 Å². The highest BCUT2D eigenvalue weighted by atomic mass is 32.2. The highest BCUT2D eigenvalue weighted by Gasteiger charge is 2.20. The fourth-order valence-electron chi connectivity index (χ4n) is 2.42. The molecule has 1 amide bonds. The van der Waals surface area contributed by atoms with Crippen molar-refractivity contribution in [2.45, 2.75) is 23.8 Å². The summed E-state index contributed by atoms with van der Waals surface area (Å²) in [6.45, 7) is 0.931. The third-order valence-corrected chi connectivity index (χ3v) is 4.75. The van der Waals surface area contributed by atoms with Gasteiger partial charge in [0.25, 0.3) is 0 Å². The number of ether oxygens (including phenoxy) is 2. The number of nitrogens with one attached hydrogen (secondary N) is 1. The first-order valence-electron chi connectivity index (χ1n) is 8.14. The van der Waals surface area contributed by atoms with Crippen LogP contribution in [0.15, 0.2) is 59.5 Å². The Hall–Kier alpha value is -2.14. The quantitative estimate of drug-likeness (QED) is 0.617. The van der Waals surface area contributed by atoms with E-state index in [9.17, 15) is 4.79 Å². The number of rotatable bonds is 7. The Bertz CT molecular complexity index is 663. The third-order valence-electron chi connectivity index (χ3n) is 3.65. The van der Waals surface area contributed by atoms with Gasteiger partial charge in [0.2, 0.25) is 5.91 Å². The maximum Gasteiger partial charge on any atom is 0.220 e. The van der Waals surface area contributed by atoms with E-state index in [0.717, 1.165) is 23.7 Å². The molecule has 4 nitrogen and oxygen atoms in total. The number of hydrogen-bond acceptors (Lipinski definition) is 4. The Balaban J connectivity index is 1.32. The smallest absolute Gasteiger partial charge is 0.220 e. The van der Waals surface area contributed by atoms with Crippen LogP contribution in [0.25, 0.3) is 0 Å². The van der Waals surface area contributed by atoms with Crippen molar-refractivity contribution in [2.75, 3.05) is 18.9 Å². The van der Waals surface area contributed by atoms with E-state index in [1.54, 1.807) is 11.8 Å². The molecule has 0 aromatic heterocycles. The number of para-hydroxylation sites is 2. The zero-order chi connectivity index (χ0) is 16.6. The van der Waals surface area contributed by atoms with Crippen LogP contribution in [-0.2, 0) is 4.79 Å². The van der Waals surface area contributed by atoms with Crippen molar-refractivity contribution in [3.8, 4) is 11.5 Å². The molecule has 0 saturated carbocycles. The van der Waals surface area contributed by atoms with Crippen LogP contribution in [0.2, 0.25) is 0 Å². The molecule has 1 unspecified atom stereocenters. The summed E-state index contributed by atoms with van der Waals surface area (Å²) < 4.78 is 11.5. The fraction of sp³-hybridized carbons (Fsp3) is 0.316. The molecule has 3 rings (SSSR count). The Morgan fingerprint density at radius 2 is 1.83 bits per heavy atom. The Labute approximate surface area is 146 Å². The lowest BCUT2D eigenvalue weighted by molar-refractivity contribution is -0.121. The summed E-state index contributed by atoms with van der Waals surface area (Å²) in [6.07, 6.45) is 1.25. The predicted octanol–water partition coefficient (Wildman–Crippen LogP) is 3.52. The number of benzene rings is 2. The van der Waals surface area contributed by atoms with E-state index < -0.39 is 0 Å². The van der Waals surface area contributed by atoms with Crippen molar-refractivity contribution in [3.05, 3.63) is 54.6 Å². The number of hydrogen-bond donors (Lipinski definition) is 1. The molecule has 1 N–H and O–H groups in total. The second-order valence-corrected chi connectivity index (χ2v) is 6.74. The van der Waals surface area contributed by atoms with Gasteiger partial charge in [-0.15, -0.1) is 11.8 Å². The van der Waals surface area contributed by atoms with Gasteiger partial charge in [0.1, 0.15) is 12.7 Å². The van der Waals surface area contributed by atoms with Gasteiger partial charge in [0, 0.05) is 11.3 Å². The minimum atomic E-state index is -0.137. The third kappa shape index (κ3) is 4.93. The van der Waals surface area contributed by atoms with Gasteiger partial charge in [-0.3, -0.25) is 4.79 Å². The molecule has 0 saturated heterocycles. The first-order chi connectivity index (χ1) is 11.8. The topological polar surface area (TPSA) is 47.6 Å². The van der Waals surface area contributed by atoms with Gasteiger partial charge in [0.15, 0.2) is 11.5 Å². The SMILES string of the molecule is O=C(CCCSc1ccccc1)NCC1COc2ccccc2O1. The van der Waals surface area contributed by atoms with Crippen molar-refractivity contribution in [3.63, 3.8) is 0 Å². The largest absolute Gasteiger partial charge is 0.486 e. The summed E-state index contributed by atoms with van der Waals surface area (Å²) in [5.41, 5.74) is 0. The predicted molar refractivity (Wildman–Crippen MR) is 95.8 cm³/mol. The van der Waals surface area contributed by atoms with Crippen molar-refractivity contribution in [2.24, 2.45) is 0 Å². The molecule has 126 valence electrons.